The van der Waals surface area contributed by atoms with Crippen LogP contribution in [0.4, 0.5) is 8.78 Å². The van der Waals surface area contributed by atoms with E-state index in [1.807, 2.05) is 0 Å². The third-order valence-electron chi connectivity index (χ3n) is 2.75. The number of rotatable bonds is 2. The summed E-state index contributed by atoms with van der Waals surface area (Å²) in [7, 11) is 2.82. The summed E-state index contributed by atoms with van der Waals surface area (Å²) in [6.45, 7) is 3.06. The zero-order chi connectivity index (χ0) is 17.2. The van der Waals surface area contributed by atoms with E-state index in [0.717, 1.165) is 9.36 Å². The van der Waals surface area contributed by atoms with Crippen LogP contribution in [-0.4, -0.2) is 30.7 Å². The van der Waals surface area contributed by atoms with Gasteiger partial charge in [0.25, 0.3) is 11.1 Å². The zero-order valence-corrected chi connectivity index (χ0v) is 13.8. The monoisotopic (exact) mass is 350 g/mol. The lowest BCUT2D eigenvalue weighted by Crippen LogP contribution is -2.13. The maximum Gasteiger partial charge on any atom is 0.258 e. The average molecular weight is 351 g/mol. The largest absolute Gasteiger partial charge is 0.365 e. The Morgan fingerprint density at radius 1 is 1.00 bits per heavy atom. The highest BCUT2D eigenvalue weighted by molar-refractivity contribution is 6.67. The average Bonchev–Trinajstić information content (AvgIpc) is 2.77. The molecule has 0 unspecified atom stereocenters. The van der Waals surface area contributed by atoms with Gasteiger partial charge in [0.15, 0.2) is 0 Å². The highest BCUT2D eigenvalue weighted by atomic mass is 35.5. The van der Waals surface area contributed by atoms with Crippen molar-refractivity contribution in [3.05, 3.63) is 34.4 Å². The van der Waals surface area contributed by atoms with E-state index in [1.54, 1.807) is 0 Å². The number of nitrogens with zero attached hydrogens (tertiary/aromatic N) is 4. The minimum Gasteiger partial charge on any atom is -0.365 e. The molecule has 128 valence electrons. The van der Waals surface area contributed by atoms with E-state index in [-0.39, 0.29) is 17.3 Å². The van der Waals surface area contributed by atoms with Crippen LogP contribution in [0.15, 0.2) is 0 Å². The van der Waals surface area contributed by atoms with Gasteiger partial charge in [-0.05, 0) is 25.4 Å². The van der Waals surface area contributed by atoms with Crippen molar-refractivity contribution in [3.63, 3.8) is 0 Å². The number of halogens is 3. The molecule has 0 saturated carbocycles. The number of hydrogen-bond acceptors (Lipinski definition) is 5. The normalized spacial score (nSPS) is 9.70. The molecule has 2 aromatic heterocycles. The highest BCUT2D eigenvalue weighted by Crippen LogP contribution is 2.13. The van der Waals surface area contributed by atoms with Gasteiger partial charge in [0.05, 0.1) is 11.4 Å². The van der Waals surface area contributed by atoms with Gasteiger partial charge in [-0.1, -0.05) is 0 Å². The molecule has 2 rings (SSSR count). The standard InChI is InChI=1S/C6H6ClFN2O.C6H8FN3O.H3N/c1-3-4(5(7)11)6(8)10(2)9-3;1-3-4(6(8)11)5(7)10(2)9-3;/h1-2H3;1-2H3,(H2,8,11);1H3. The molecule has 0 saturated heterocycles. The van der Waals surface area contributed by atoms with E-state index >= 15 is 0 Å². The first-order valence-corrected chi connectivity index (χ1v) is 6.33. The molecule has 0 radical (unpaired) electrons. The summed E-state index contributed by atoms with van der Waals surface area (Å²) in [5.74, 6) is -2.16. The van der Waals surface area contributed by atoms with Crippen LogP contribution < -0.4 is 11.9 Å². The van der Waals surface area contributed by atoms with E-state index < -0.39 is 23.0 Å². The lowest BCUT2D eigenvalue weighted by molar-refractivity contribution is 0.0994. The second-order valence-corrected chi connectivity index (χ2v) is 4.73. The van der Waals surface area contributed by atoms with E-state index in [0.29, 0.717) is 11.4 Å². The van der Waals surface area contributed by atoms with Crippen LogP contribution in [0.2, 0.25) is 0 Å². The fraction of sp³-hybridized carbons (Fsp3) is 0.333. The summed E-state index contributed by atoms with van der Waals surface area (Å²) >= 11 is 5.09. The second kappa shape index (κ2) is 7.79. The molecule has 0 aliphatic heterocycles. The Labute approximate surface area is 135 Å². The topological polar surface area (TPSA) is 131 Å². The van der Waals surface area contributed by atoms with E-state index in [9.17, 15) is 18.4 Å². The summed E-state index contributed by atoms with van der Waals surface area (Å²) < 4.78 is 27.7. The quantitative estimate of drug-likeness (QED) is 0.790. The Morgan fingerprint density at radius 3 is 1.48 bits per heavy atom. The van der Waals surface area contributed by atoms with Gasteiger partial charge in [0.1, 0.15) is 11.1 Å². The summed E-state index contributed by atoms with van der Waals surface area (Å²) in [4.78, 5) is 21.2. The molecule has 0 spiro atoms. The molecule has 11 heteroatoms. The van der Waals surface area contributed by atoms with Crippen molar-refractivity contribution in [3.8, 4) is 0 Å². The molecule has 0 aromatic carbocycles. The van der Waals surface area contributed by atoms with Crippen LogP contribution in [0, 0.1) is 25.7 Å². The molecule has 0 fully saturated rings. The lowest BCUT2D eigenvalue weighted by atomic mass is 10.2. The molecule has 2 aromatic rings. The van der Waals surface area contributed by atoms with Crippen LogP contribution in [0.5, 0.6) is 0 Å². The predicted molar refractivity (Wildman–Crippen MR) is 79.5 cm³/mol. The van der Waals surface area contributed by atoms with Gasteiger partial charge in [-0.15, -0.1) is 0 Å². The third kappa shape index (κ3) is 4.33. The minimum absolute atomic E-state index is 0. The van der Waals surface area contributed by atoms with E-state index in [1.165, 1.54) is 27.9 Å². The number of carbonyl (C=O) groups excluding carboxylic acids is 2. The van der Waals surface area contributed by atoms with Crippen LogP contribution in [0.1, 0.15) is 32.1 Å². The third-order valence-corrected chi connectivity index (χ3v) is 2.94. The van der Waals surface area contributed by atoms with Gasteiger partial charge in [-0.2, -0.15) is 19.0 Å². The molecule has 0 aliphatic rings. The molecule has 2 heterocycles. The number of aryl methyl sites for hydroxylation is 4. The van der Waals surface area contributed by atoms with Crippen molar-refractivity contribution in [2.75, 3.05) is 0 Å². The van der Waals surface area contributed by atoms with E-state index in [2.05, 4.69) is 10.2 Å². The first-order valence-electron chi connectivity index (χ1n) is 5.95. The summed E-state index contributed by atoms with van der Waals surface area (Å²) in [6, 6.07) is 0. The van der Waals surface area contributed by atoms with Crippen molar-refractivity contribution >= 4 is 22.8 Å². The SMILES string of the molecule is Cc1nn(C)c(F)c1C(=O)Cl.Cc1nn(C)c(F)c1C(N)=O.N. The Kier molecular flexibility index (Phi) is 7.00. The maximum absolute atomic E-state index is 12.9. The summed E-state index contributed by atoms with van der Waals surface area (Å²) in [5, 5.41) is 6.53. The number of carbonyl (C=O) groups is 2. The Bertz CT molecular complexity index is 678. The predicted octanol–water partition coefficient (Wildman–Crippen LogP) is 1.38. The van der Waals surface area contributed by atoms with Gasteiger partial charge < -0.3 is 11.9 Å². The zero-order valence-electron chi connectivity index (χ0n) is 13.0. The first kappa shape index (κ1) is 20.7. The molecule has 0 bridgehead atoms. The number of nitrogens with two attached hydrogens (primary N) is 1. The van der Waals surface area contributed by atoms with Crippen LogP contribution in [0.25, 0.3) is 0 Å². The fourth-order valence-corrected chi connectivity index (χ4v) is 1.98. The molecule has 23 heavy (non-hydrogen) atoms. The summed E-state index contributed by atoms with van der Waals surface area (Å²) in [5.41, 5.74) is 5.25. The van der Waals surface area contributed by atoms with Crippen molar-refractivity contribution in [2.24, 2.45) is 19.8 Å². The molecular weight excluding hydrogens is 334 g/mol. The minimum atomic E-state index is -0.812. The van der Waals surface area contributed by atoms with Gasteiger partial charge in [0, 0.05) is 14.1 Å². The van der Waals surface area contributed by atoms with Crippen molar-refractivity contribution < 1.29 is 18.4 Å². The van der Waals surface area contributed by atoms with Crippen LogP contribution >= 0.6 is 11.6 Å². The number of amides is 1. The molecule has 1 amide bonds. The van der Waals surface area contributed by atoms with Gasteiger partial charge in [-0.3, -0.25) is 9.59 Å². The Morgan fingerprint density at radius 2 is 1.35 bits per heavy atom. The number of aromatic nitrogens is 4. The second-order valence-electron chi connectivity index (χ2n) is 4.39. The van der Waals surface area contributed by atoms with Gasteiger partial charge in [0.2, 0.25) is 11.9 Å². The molecule has 5 N–H and O–H groups in total. The van der Waals surface area contributed by atoms with Crippen LogP contribution in [-0.2, 0) is 14.1 Å². The number of primary amides is 1. The molecular formula is C12H17ClF2N6O2. The smallest absolute Gasteiger partial charge is 0.258 e. The molecule has 8 nitrogen and oxygen atoms in total. The van der Waals surface area contributed by atoms with Crippen molar-refractivity contribution in [1.29, 1.82) is 0 Å². The first-order chi connectivity index (χ1) is 10.1. The van der Waals surface area contributed by atoms with Gasteiger partial charge in [-0.25, -0.2) is 9.36 Å². The molecule has 0 aliphatic carbocycles. The summed E-state index contributed by atoms with van der Waals surface area (Å²) in [6.07, 6.45) is 0. The lowest BCUT2D eigenvalue weighted by Gasteiger charge is -1.89. The maximum atomic E-state index is 12.9. The molecule has 0 atom stereocenters. The number of hydrogen-bond donors (Lipinski definition) is 2. The van der Waals surface area contributed by atoms with Crippen molar-refractivity contribution in [2.45, 2.75) is 13.8 Å². The highest BCUT2D eigenvalue weighted by Gasteiger charge is 2.18. The fourth-order valence-electron chi connectivity index (χ4n) is 1.76. The van der Waals surface area contributed by atoms with Gasteiger partial charge >= 0.3 is 0 Å². The van der Waals surface area contributed by atoms with E-state index in [4.69, 9.17) is 17.3 Å². The van der Waals surface area contributed by atoms with Crippen LogP contribution in [0.3, 0.4) is 0 Å². The van der Waals surface area contributed by atoms with Crippen molar-refractivity contribution in [1.82, 2.24) is 25.7 Å². The Hall–Kier alpha value is -2.33. The Balaban J connectivity index is 0.000000403.